The first-order valence-corrected chi connectivity index (χ1v) is 7.10. The maximum Gasteiger partial charge on any atom is 0.237 e. The lowest BCUT2D eigenvalue weighted by atomic mass is 9.68. The molecule has 3 N–H and O–H groups in total. The average molecular weight is 348 g/mol. The second kappa shape index (κ2) is 5.15. The fourth-order valence-electron chi connectivity index (χ4n) is 1.94. The Labute approximate surface area is 124 Å². The predicted octanol–water partition coefficient (Wildman–Crippen LogP) is 3.50. The molecule has 0 saturated heterocycles. The molecule has 0 atom stereocenters. The first kappa shape index (κ1) is 13.8. The Morgan fingerprint density at radius 2 is 2.17 bits per heavy atom. The van der Waals surface area contributed by atoms with Crippen molar-refractivity contribution in [1.29, 1.82) is 0 Å². The normalized spacial score (nSPS) is 16.8. The molecule has 2 rings (SSSR count). The van der Waals surface area contributed by atoms with E-state index in [-0.39, 0.29) is 10.9 Å². The van der Waals surface area contributed by atoms with Gasteiger partial charge in [0.25, 0.3) is 0 Å². The lowest BCUT2D eigenvalue weighted by molar-refractivity contribution is -0.125. The molecule has 1 saturated carbocycles. The van der Waals surface area contributed by atoms with Crippen molar-refractivity contribution in [2.75, 3.05) is 5.32 Å². The molecule has 1 fully saturated rings. The van der Waals surface area contributed by atoms with Crippen LogP contribution in [0.15, 0.2) is 22.7 Å². The van der Waals surface area contributed by atoms with Crippen molar-refractivity contribution < 1.29 is 4.79 Å². The number of hydrogen-bond acceptors (Lipinski definition) is 2. The maximum atomic E-state index is 12.2. The molecule has 0 bridgehead atoms. The van der Waals surface area contributed by atoms with Crippen LogP contribution in [0.3, 0.4) is 0 Å². The van der Waals surface area contributed by atoms with E-state index in [1.807, 2.05) is 0 Å². The molecule has 6 heteroatoms. The van der Waals surface area contributed by atoms with E-state index in [1.165, 1.54) is 0 Å². The molecule has 3 nitrogen and oxygen atoms in total. The highest BCUT2D eigenvalue weighted by molar-refractivity contribution is 9.10. The van der Waals surface area contributed by atoms with Crippen molar-refractivity contribution in [3.05, 3.63) is 27.7 Å². The summed E-state index contributed by atoms with van der Waals surface area (Å²) in [6.45, 7) is 0. The lowest BCUT2D eigenvalue weighted by Crippen LogP contribution is -2.50. The summed E-state index contributed by atoms with van der Waals surface area (Å²) in [5.74, 6) is -0.139. The molecule has 1 aromatic rings. The Morgan fingerprint density at radius 1 is 1.50 bits per heavy atom. The Hall–Kier alpha value is -0.650. The van der Waals surface area contributed by atoms with Crippen molar-refractivity contribution in [1.82, 2.24) is 0 Å². The number of benzene rings is 1. The highest BCUT2D eigenvalue weighted by Crippen LogP contribution is 2.42. The average Bonchev–Trinajstić information content (AvgIpc) is 2.21. The van der Waals surface area contributed by atoms with E-state index in [9.17, 15) is 4.79 Å². The van der Waals surface area contributed by atoms with Gasteiger partial charge in [0.15, 0.2) is 0 Å². The Kier molecular flexibility index (Phi) is 3.94. The molecule has 18 heavy (non-hydrogen) atoms. The summed E-state index contributed by atoms with van der Waals surface area (Å²) in [5.41, 5.74) is 5.66. The van der Waals surface area contributed by atoms with Crippen LogP contribution in [0, 0.1) is 5.41 Å². The van der Waals surface area contributed by atoms with E-state index in [0.29, 0.717) is 10.7 Å². The summed E-state index contributed by atoms with van der Waals surface area (Å²) in [5, 5.41) is 3.37. The van der Waals surface area contributed by atoms with Crippen LogP contribution in [0.2, 0.25) is 5.02 Å². The molecule has 0 aromatic heterocycles. The molecule has 1 aliphatic rings. The lowest BCUT2D eigenvalue weighted by Gasteiger charge is -2.39. The molecular formula is C12H12BrClN2OS. The van der Waals surface area contributed by atoms with Crippen molar-refractivity contribution in [2.24, 2.45) is 11.1 Å². The fraction of sp³-hybridized carbons (Fsp3) is 0.333. The molecule has 0 unspecified atom stereocenters. The molecule has 1 aromatic carbocycles. The summed E-state index contributed by atoms with van der Waals surface area (Å²) in [7, 11) is 0. The molecule has 1 aliphatic carbocycles. The van der Waals surface area contributed by atoms with Gasteiger partial charge in [-0.3, -0.25) is 4.79 Å². The molecule has 96 valence electrons. The second-order valence-corrected chi connectivity index (χ2v) is 6.08. The molecular weight excluding hydrogens is 336 g/mol. The van der Waals surface area contributed by atoms with Crippen molar-refractivity contribution in [3.8, 4) is 0 Å². The molecule has 0 spiro atoms. The summed E-state index contributed by atoms with van der Waals surface area (Å²) < 4.78 is 0.787. The SMILES string of the molecule is NC(=S)C1(C(=O)Nc2ccc(Br)c(Cl)c2)CCC1. The Balaban J connectivity index is 2.16. The number of rotatable bonds is 3. The minimum absolute atomic E-state index is 0.139. The minimum Gasteiger partial charge on any atom is -0.392 e. The van der Waals surface area contributed by atoms with E-state index in [4.69, 9.17) is 29.6 Å². The van der Waals surface area contributed by atoms with Gasteiger partial charge >= 0.3 is 0 Å². The zero-order valence-corrected chi connectivity index (χ0v) is 12.7. The van der Waals surface area contributed by atoms with Crippen LogP contribution in [0.25, 0.3) is 0 Å². The highest BCUT2D eigenvalue weighted by atomic mass is 79.9. The van der Waals surface area contributed by atoms with Gasteiger partial charge in [-0.15, -0.1) is 0 Å². The first-order chi connectivity index (χ1) is 8.45. The number of carbonyl (C=O) groups is 1. The number of thiocarbonyl (C=S) groups is 1. The minimum atomic E-state index is -0.672. The van der Waals surface area contributed by atoms with Crippen LogP contribution in [0.5, 0.6) is 0 Å². The number of anilines is 1. The summed E-state index contributed by atoms with van der Waals surface area (Å²) >= 11 is 14.3. The van der Waals surface area contributed by atoms with Gasteiger partial charge in [-0.05, 0) is 47.0 Å². The zero-order valence-electron chi connectivity index (χ0n) is 9.50. The van der Waals surface area contributed by atoms with Crippen molar-refractivity contribution >= 4 is 56.3 Å². The maximum absolute atomic E-state index is 12.2. The van der Waals surface area contributed by atoms with Gasteiger partial charge in [0, 0.05) is 10.2 Å². The first-order valence-electron chi connectivity index (χ1n) is 5.52. The van der Waals surface area contributed by atoms with E-state index in [2.05, 4.69) is 21.2 Å². The van der Waals surface area contributed by atoms with Crippen molar-refractivity contribution in [3.63, 3.8) is 0 Å². The van der Waals surface area contributed by atoms with E-state index in [0.717, 1.165) is 23.7 Å². The van der Waals surface area contributed by atoms with Gasteiger partial charge in [-0.25, -0.2) is 0 Å². The monoisotopic (exact) mass is 346 g/mol. The van der Waals surface area contributed by atoms with Gasteiger partial charge < -0.3 is 11.1 Å². The van der Waals surface area contributed by atoms with E-state index < -0.39 is 5.41 Å². The van der Waals surface area contributed by atoms with E-state index in [1.54, 1.807) is 18.2 Å². The third-order valence-corrected chi connectivity index (χ3v) is 4.91. The number of hydrogen-bond donors (Lipinski definition) is 2. The van der Waals surface area contributed by atoms with Crippen LogP contribution in [0.1, 0.15) is 19.3 Å². The fourth-order valence-corrected chi connectivity index (χ4v) is 2.66. The predicted molar refractivity (Wildman–Crippen MR) is 80.9 cm³/mol. The molecule has 1 amide bonds. The number of amides is 1. The third kappa shape index (κ3) is 2.39. The number of halogens is 2. The highest BCUT2D eigenvalue weighted by Gasteiger charge is 2.46. The quantitative estimate of drug-likeness (QED) is 0.823. The summed E-state index contributed by atoms with van der Waals surface area (Å²) in [6.07, 6.45) is 2.42. The van der Waals surface area contributed by atoms with Gasteiger partial charge in [-0.2, -0.15) is 0 Å². The van der Waals surface area contributed by atoms with Gasteiger partial charge in [-0.1, -0.05) is 30.2 Å². The Bertz CT molecular complexity index is 517. The van der Waals surface area contributed by atoms with Gasteiger partial charge in [0.05, 0.1) is 15.4 Å². The standard InChI is InChI=1S/C12H12BrClN2OS/c13-8-3-2-7(6-9(8)14)16-11(17)12(10(15)18)4-1-5-12/h2-3,6H,1,4-5H2,(H2,15,18)(H,16,17). The zero-order chi connectivity index (χ0) is 13.3. The van der Waals surface area contributed by atoms with Crippen LogP contribution < -0.4 is 11.1 Å². The summed E-state index contributed by atoms with van der Waals surface area (Å²) in [4.78, 5) is 12.5. The van der Waals surface area contributed by atoms with Crippen LogP contribution in [0.4, 0.5) is 5.69 Å². The van der Waals surface area contributed by atoms with Crippen LogP contribution >= 0.6 is 39.7 Å². The second-order valence-electron chi connectivity index (χ2n) is 4.38. The van der Waals surface area contributed by atoms with Crippen molar-refractivity contribution in [2.45, 2.75) is 19.3 Å². The smallest absolute Gasteiger partial charge is 0.237 e. The van der Waals surface area contributed by atoms with E-state index >= 15 is 0 Å². The molecule has 0 aliphatic heterocycles. The third-order valence-electron chi connectivity index (χ3n) is 3.29. The van der Waals surface area contributed by atoms with Gasteiger partial charge in [0.1, 0.15) is 0 Å². The topological polar surface area (TPSA) is 55.1 Å². The number of nitrogens with one attached hydrogen (secondary N) is 1. The number of carbonyl (C=O) groups excluding carboxylic acids is 1. The van der Waals surface area contributed by atoms with Crippen LogP contribution in [-0.2, 0) is 4.79 Å². The molecule has 0 heterocycles. The molecule has 0 radical (unpaired) electrons. The Morgan fingerprint density at radius 3 is 2.61 bits per heavy atom. The number of nitrogens with two attached hydrogens (primary N) is 1. The van der Waals surface area contributed by atoms with Crippen LogP contribution in [-0.4, -0.2) is 10.9 Å². The summed E-state index contributed by atoms with van der Waals surface area (Å²) in [6, 6.07) is 5.25. The van der Waals surface area contributed by atoms with Gasteiger partial charge in [0.2, 0.25) is 5.91 Å². The largest absolute Gasteiger partial charge is 0.392 e.